The molecule has 0 aliphatic carbocycles. The van der Waals surface area contributed by atoms with Crippen LogP contribution in [0.2, 0.25) is 0 Å². The molecule has 0 fully saturated rings. The standard InChI is InChI=1S/C18H12BrN3O2S2/c1-21-16(23)13(10-20)18-22(11-5-3-2-4-6-11)17(24)14(26-18)9-12-7-8-15(19)25-12/h2-9H,1H3,(H,21,23). The van der Waals surface area contributed by atoms with Crippen molar-refractivity contribution in [2.75, 3.05) is 7.05 Å². The summed E-state index contributed by atoms with van der Waals surface area (Å²) < 4.78 is 3.13. The summed E-state index contributed by atoms with van der Waals surface area (Å²) in [7, 11) is 1.45. The van der Waals surface area contributed by atoms with Gasteiger partial charge >= 0.3 is 0 Å². The van der Waals surface area contributed by atoms with Gasteiger partial charge in [0, 0.05) is 11.9 Å². The fourth-order valence-electron chi connectivity index (χ4n) is 2.32. The summed E-state index contributed by atoms with van der Waals surface area (Å²) in [5.41, 5.74) is 0.246. The Balaban J connectivity index is 2.41. The molecule has 26 heavy (non-hydrogen) atoms. The summed E-state index contributed by atoms with van der Waals surface area (Å²) in [6.07, 6.45) is 1.77. The first-order chi connectivity index (χ1) is 12.5. The summed E-state index contributed by atoms with van der Waals surface area (Å²) in [6, 6.07) is 14.7. The minimum absolute atomic E-state index is 0.0922. The van der Waals surface area contributed by atoms with Gasteiger partial charge in [-0.1, -0.05) is 18.2 Å². The van der Waals surface area contributed by atoms with Crippen LogP contribution in [0.25, 0.3) is 17.3 Å². The maximum atomic E-state index is 13.0. The predicted molar refractivity (Wildman–Crippen MR) is 108 cm³/mol. The molecule has 1 amide bonds. The van der Waals surface area contributed by atoms with Crippen LogP contribution in [0.3, 0.4) is 0 Å². The Morgan fingerprint density at radius 1 is 1.23 bits per heavy atom. The van der Waals surface area contributed by atoms with Crippen LogP contribution in [0.5, 0.6) is 0 Å². The van der Waals surface area contributed by atoms with Crippen molar-refractivity contribution in [1.82, 2.24) is 9.88 Å². The normalized spacial score (nSPS) is 12.6. The molecule has 0 spiro atoms. The van der Waals surface area contributed by atoms with E-state index in [4.69, 9.17) is 0 Å². The number of para-hydroxylation sites is 1. The number of nitriles is 1. The molecular weight excluding hydrogens is 434 g/mol. The van der Waals surface area contributed by atoms with Gasteiger partial charge < -0.3 is 5.32 Å². The number of carbonyl (C=O) groups excluding carboxylic acids is 1. The van der Waals surface area contributed by atoms with Gasteiger partial charge in [-0.25, -0.2) is 0 Å². The van der Waals surface area contributed by atoms with E-state index in [1.54, 1.807) is 30.3 Å². The second-order valence-electron chi connectivity index (χ2n) is 5.10. The van der Waals surface area contributed by atoms with E-state index >= 15 is 0 Å². The Morgan fingerprint density at radius 2 is 1.96 bits per heavy atom. The third-order valence-corrected chi connectivity index (χ3v) is 6.15. The Hall–Kier alpha value is -2.47. The van der Waals surface area contributed by atoms with Crippen molar-refractivity contribution in [2.45, 2.75) is 0 Å². The van der Waals surface area contributed by atoms with Gasteiger partial charge in [-0.2, -0.15) is 5.26 Å². The number of thiophene rings is 1. The van der Waals surface area contributed by atoms with Crippen LogP contribution in [-0.4, -0.2) is 17.5 Å². The van der Waals surface area contributed by atoms with Crippen LogP contribution in [0.15, 0.2) is 51.0 Å². The maximum Gasteiger partial charge on any atom is 0.273 e. The molecule has 2 aromatic heterocycles. The molecule has 2 heterocycles. The fraction of sp³-hybridized carbons (Fsp3) is 0.0556. The molecule has 130 valence electrons. The molecule has 0 saturated heterocycles. The first-order valence-corrected chi connectivity index (χ1v) is 9.88. The third kappa shape index (κ3) is 3.55. The van der Waals surface area contributed by atoms with Gasteiger partial charge in [-0.3, -0.25) is 14.2 Å². The van der Waals surface area contributed by atoms with E-state index in [0.717, 1.165) is 20.0 Å². The molecule has 5 nitrogen and oxygen atoms in total. The van der Waals surface area contributed by atoms with Gasteiger partial charge in [0.05, 0.1) is 14.0 Å². The van der Waals surface area contributed by atoms with Crippen molar-refractivity contribution in [2.24, 2.45) is 0 Å². The van der Waals surface area contributed by atoms with E-state index in [1.807, 2.05) is 24.3 Å². The number of benzene rings is 1. The molecule has 0 radical (unpaired) electrons. The molecule has 8 heteroatoms. The monoisotopic (exact) mass is 445 g/mol. The fourth-order valence-corrected chi connectivity index (χ4v) is 4.85. The van der Waals surface area contributed by atoms with Crippen LogP contribution in [0, 0.1) is 11.3 Å². The number of nitrogens with one attached hydrogen (secondary N) is 1. The lowest BCUT2D eigenvalue weighted by molar-refractivity contribution is -0.115. The molecule has 1 N–H and O–H groups in total. The van der Waals surface area contributed by atoms with Crippen molar-refractivity contribution in [3.05, 3.63) is 70.7 Å². The molecule has 0 unspecified atom stereocenters. The summed E-state index contributed by atoms with van der Waals surface area (Å²) in [5.74, 6) is -0.524. The van der Waals surface area contributed by atoms with Crippen molar-refractivity contribution in [3.8, 4) is 11.8 Å². The molecule has 0 saturated carbocycles. The zero-order valence-corrected chi connectivity index (χ0v) is 16.7. The van der Waals surface area contributed by atoms with Crippen LogP contribution >= 0.6 is 38.6 Å². The minimum Gasteiger partial charge on any atom is -0.354 e. The van der Waals surface area contributed by atoms with Gasteiger partial charge in [-0.05, 0) is 46.3 Å². The second-order valence-corrected chi connectivity index (χ2v) is 8.62. The summed E-state index contributed by atoms with van der Waals surface area (Å²) >= 11 is 6.02. The quantitative estimate of drug-likeness (QED) is 0.669. The first kappa shape index (κ1) is 18.3. The van der Waals surface area contributed by atoms with Crippen LogP contribution in [0.4, 0.5) is 0 Å². The Bertz CT molecular complexity index is 1180. The average molecular weight is 446 g/mol. The molecule has 3 rings (SSSR count). The first-order valence-electron chi connectivity index (χ1n) is 7.46. The van der Waals surface area contributed by atoms with Crippen LogP contribution < -0.4 is 20.1 Å². The largest absolute Gasteiger partial charge is 0.354 e. The SMILES string of the molecule is CNC(=O)C(C#N)=c1sc(=Cc2ccc(Br)s2)c(=O)n1-c1ccccc1. The number of carbonyl (C=O) groups is 1. The molecule has 0 aliphatic rings. The third-order valence-electron chi connectivity index (χ3n) is 3.49. The topological polar surface area (TPSA) is 74.9 Å². The van der Waals surface area contributed by atoms with E-state index in [1.165, 1.54) is 23.0 Å². The lowest BCUT2D eigenvalue weighted by Crippen LogP contribution is -2.33. The highest BCUT2D eigenvalue weighted by atomic mass is 79.9. The lowest BCUT2D eigenvalue weighted by Gasteiger charge is -2.02. The Labute approximate surface area is 165 Å². The van der Waals surface area contributed by atoms with Gasteiger partial charge in [0.2, 0.25) is 0 Å². The minimum atomic E-state index is -0.524. The smallest absolute Gasteiger partial charge is 0.273 e. The summed E-state index contributed by atoms with van der Waals surface area (Å²) in [4.78, 5) is 26.0. The van der Waals surface area contributed by atoms with Crippen molar-refractivity contribution >= 4 is 56.2 Å². The predicted octanol–water partition coefficient (Wildman–Crippen LogP) is 1.97. The van der Waals surface area contributed by atoms with Crippen molar-refractivity contribution in [3.63, 3.8) is 0 Å². The molecule has 0 aliphatic heterocycles. The highest BCUT2D eigenvalue weighted by molar-refractivity contribution is 9.11. The highest BCUT2D eigenvalue weighted by Gasteiger charge is 2.15. The summed E-state index contributed by atoms with van der Waals surface area (Å²) in [5, 5.41) is 11.9. The van der Waals surface area contributed by atoms with Crippen LogP contribution in [0.1, 0.15) is 4.88 Å². The van der Waals surface area contributed by atoms with Gasteiger partial charge in [0.15, 0.2) is 5.57 Å². The van der Waals surface area contributed by atoms with Gasteiger partial charge in [0.25, 0.3) is 11.5 Å². The highest BCUT2D eigenvalue weighted by Crippen LogP contribution is 2.22. The van der Waals surface area contributed by atoms with Crippen LogP contribution in [-0.2, 0) is 4.79 Å². The zero-order chi connectivity index (χ0) is 18.7. The van der Waals surface area contributed by atoms with E-state index in [0.29, 0.717) is 14.9 Å². The number of nitrogens with zero attached hydrogens (tertiary/aromatic N) is 2. The van der Waals surface area contributed by atoms with Gasteiger partial charge in [-0.15, -0.1) is 22.7 Å². The number of amides is 1. The number of hydrogen-bond acceptors (Lipinski definition) is 5. The average Bonchev–Trinajstić information content (AvgIpc) is 3.20. The molecule has 0 bridgehead atoms. The number of halogens is 1. The van der Waals surface area contributed by atoms with E-state index < -0.39 is 5.91 Å². The molecule has 0 atom stereocenters. The van der Waals surface area contributed by atoms with E-state index in [9.17, 15) is 14.9 Å². The second kappa shape index (κ2) is 7.83. The molecule has 3 aromatic rings. The number of hydrogen-bond donors (Lipinski definition) is 1. The van der Waals surface area contributed by atoms with Gasteiger partial charge in [0.1, 0.15) is 10.7 Å². The maximum absolute atomic E-state index is 13.0. The van der Waals surface area contributed by atoms with E-state index in [2.05, 4.69) is 21.2 Å². The zero-order valence-electron chi connectivity index (χ0n) is 13.5. The number of thiazole rings is 1. The molecular formula is C18H12BrN3O2S2. The Kier molecular flexibility index (Phi) is 5.52. The number of rotatable bonds is 3. The summed E-state index contributed by atoms with van der Waals surface area (Å²) in [6.45, 7) is 0. The van der Waals surface area contributed by atoms with Crippen molar-refractivity contribution < 1.29 is 4.79 Å². The lowest BCUT2D eigenvalue weighted by atomic mass is 10.3. The van der Waals surface area contributed by atoms with E-state index in [-0.39, 0.29) is 11.1 Å². The number of aromatic nitrogens is 1. The molecule has 1 aromatic carbocycles. The van der Waals surface area contributed by atoms with Crippen molar-refractivity contribution in [1.29, 1.82) is 5.26 Å². The Morgan fingerprint density at radius 3 is 2.54 bits per heavy atom.